The Morgan fingerprint density at radius 3 is 2.74 bits per heavy atom. The zero-order valence-electron chi connectivity index (χ0n) is 10.8. The SMILES string of the molecule is CCOC(=O)CN1N=C(c2ccccc2)CCC1=O. The molecular formula is C14H16N2O3. The molecule has 0 unspecified atom stereocenters. The van der Waals surface area contributed by atoms with E-state index in [2.05, 4.69) is 5.10 Å². The molecule has 1 heterocycles. The summed E-state index contributed by atoms with van der Waals surface area (Å²) < 4.78 is 4.83. The predicted molar refractivity (Wildman–Crippen MR) is 70.6 cm³/mol. The molecule has 0 saturated heterocycles. The van der Waals surface area contributed by atoms with Gasteiger partial charge in [-0.15, -0.1) is 0 Å². The minimum Gasteiger partial charge on any atom is -0.465 e. The van der Waals surface area contributed by atoms with Gasteiger partial charge in [0.1, 0.15) is 6.54 Å². The first-order valence-corrected chi connectivity index (χ1v) is 6.29. The van der Waals surface area contributed by atoms with Gasteiger partial charge in [0.15, 0.2) is 0 Å². The van der Waals surface area contributed by atoms with Crippen LogP contribution in [-0.4, -0.2) is 35.7 Å². The number of benzene rings is 1. The summed E-state index contributed by atoms with van der Waals surface area (Å²) in [6.07, 6.45) is 0.968. The highest BCUT2D eigenvalue weighted by molar-refractivity contribution is 6.04. The Hall–Kier alpha value is -2.17. The average Bonchev–Trinajstić information content (AvgIpc) is 2.42. The van der Waals surface area contributed by atoms with Crippen molar-refractivity contribution in [1.82, 2.24) is 5.01 Å². The lowest BCUT2D eigenvalue weighted by molar-refractivity contribution is -0.149. The van der Waals surface area contributed by atoms with Crippen molar-refractivity contribution in [3.05, 3.63) is 35.9 Å². The molecule has 1 aliphatic rings. The lowest BCUT2D eigenvalue weighted by Crippen LogP contribution is -2.36. The number of hydrogen-bond acceptors (Lipinski definition) is 4. The number of ether oxygens (including phenoxy) is 1. The molecule has 0 aromatic heterocycles. The molecule has 2 rings (SSSR count). The Morgan fingerprint density at radius 1 is 1.32 bits per heavy atom. The van der Waals surface area contributed by atoms with Gasteiger partial charge >= 0.3 is 5.97 Å². The van der Waals surface area contributed by atoms with Crippen LogP contribution in [0.3, 0.4) is 0 Å². The summed E-state index contributed by atoms with van der Waals surface area (Å²) in [5, 5.41) is 5.45. The zero-order chi connectivity index (χ0) is 13.7. The molecule has 0 spiro atoms. The lowest BCUT2D eigenvalue weighted by Gasteiger charge is -2.22. The largest absolute Gasteiger partial charge is 0.465 e. The first-order chi connectivity index (χ1) is 9.20. The highest BCUT2D eigenvalue weighted by atomic mass is 16.5. The number of hydrogen-bond donors (Lipinski definition) is 0. The first kappa shape index (κ1) is 13.3. The Morgan fingerprint density at radius 2 is 2.05 bits per heavy atom. The molecule has 19 heavy (non-hydrogen) atoms. The molecule has 1 amide bonds. The van der Waals surface area contributed by atoms with E-state index in [1.165, 1.54) is 5.01 Å². The molecule has 1 aromatic rings. The minimum absolute atomic E-state index is 0.122. The van der Waals surface area contributed by atoms with E-state index >= 15 is 0 Å². The van der Waals surface area contributed by atoms with Crippen LogP contribution < -0.4 is 0 Å². The number of carbonyl (C=O) groups is 2. The normalized spacial score (nSPS) is 15.1. The van der Waals surface area contributed by atoms with Crippen molar-refractivity contribution in [2.45, 2.75) is 19.8 Å². The number of esters is 1. The number of amides is 1. The van der Waals surface area contributed by atoms with Crippen LogP contribution in [0.25, 0.3) is 0 Å². The van der Waals surface area contributed by atoms with Crippen molar-refractivity contribution in [2.75, 3.05) is 13.2 Å². The Bertz CT molecular complexity index is 497. The van der Waals surface area contributed by atoms with Gasteiger partial charge in [-0.05, 0) is 12.5 Å². The van der Waals surface area contributed by atoms with E-state index in [0.29, 0.717) is 19.4 Å². The fourth-order valence-corrected chi connectivity index (χ4v) is 1.89. The van der Waals surface area contributed by atoms with Gasteiger partial charge in [-0.3, -0.25) is 9.59 Å². The Balaban J connectivity index is 2.14. The predicted octanol–water partition coefficient (Wildman–Crippen LogP) is 1.58. The standard InChI is InChI=1S/C14H16N2O3/c1-2-19-14(18)10-16-13(17)9-8-12(15-16)11-6-4-3-5-7-11/h3-7H,2,8-10H2,1H3. The van der Waals surface area contributed by atoms with E-state index in [0.717, 1.165) is 11.3 Å². The number of rotatable bonds is 4. The van der Waals surface area contributed by atoms with Crippen molar-refractivity contribution < 1.29 is 14.3 Å². The summed E-state index contributed by atoms with van der Waals surface area (Å²) in [7, 11) is 0. The van der Waals surface area contributed by atoms with E-state index in [-0.39, 0.29) is 12.5 Å². The van der Waals surface area contributed by atoms with Crippen molar-refractivity contribution in [3.63, 3.8) is 0 Å². The molecule has 0 atom stereocenters. The highest BCUT2D eigenvalue weighted by Gasteiger charge is 2.23. The quantitative estimate of drug-likeness (QED) is 0.772. The summed E-state index contributed by atoms with van der Waals surface area (Å²) in [6.45, 7) is 1.91. The fraction of sp³-hybridized carbons (Fsp3) is 0.357. The van der Waals surface area contributed by atoms with Gasteiger partial charge in [0.25, 0.3) is 0 Å². The summed E-state index contributed by atoms with van der Waals surface area (Å²) in [5.41, 5.74) is 1.80. The Kier molecular flexibility index (Phi) is 4.28. The monoisotopic (exact) mass is 260 g/mol. The second-order valence-electron chi connectivity index (χ2n) is 4.17. The summed E-state index contributed by atoms with van der Waals surface area (Å²) in [5.74, 6) is -0.582. The van der Waals surface area contributed by atoms with Crippen LogP contribution in [0, 0.1) is 0 Å². The molecule has 1 aromatic carbocycles. The second kappa shape index (κ2) is 6.13. The molecule has 0 bridgehead atoms. The van der Waals surface area contributed by atoms with Crippen LogP contribution in [0.4, 0.5) is 0 Å². The van der Waals surface area contributed by atoms with Crippen molar-refractivity contribution in [1.29, 1.82) is 0 Å². The average molecular weight is 260 g/mol. The van der Waals surface area contributed by atoms with Crippen molar-refractivity contribution >= 4 is 17.6 Å². The van der Waals surface area contributed by atoms with Crippen LogP contribution in [0.2, 0.25) is 0 Å². The molecule has 5 heteroatoms. The first-order valence-electron chi connectivity index (χ1n) is 6.29. The number of nitrogens with zero attached hydrogens (tertiary/aromatic N) is 2. The third-order valence-corrected chi connectivity index (χ3v) is 2.80. The van der Waals surface area contributed by atoms with Crippen LogP contribution in [0.1, 0.15) is 25.3 Å². The topological polar surface area (TPSA) is 59.0 Å². The lowest BCUT2D eigenvalue weighted by atomic mass is 10.0. The van der Waals surface area contributed by atoms with E-state index < -0.39 is 5.97 Å². The van der Waals surface area contributed by atoms with Gasteiger partial charge in [0, 0.05) is 12.8 Å². The molecule has 5 nitrogen and oxygen atoms in total. The molecule has 100 valence electrons. The van der Waals surface area contributed by atoms with Crippen LogP contribution in [-0.2, 0) is 14.3 Å². The summed E-state index contributed by atoms with van der Waals surface area (Å²) in [6, 6.07) is 9.65. The van der Waals surface area contributed by atoms with Gasteiger partial charge in [-0.25, -0.2) is 5.01 Å². The minimum atomic E-state index is -0.436. The fourth-order valence-electron chi connectivity index (χ4n) is 1.89. The van der Waals surface area contributed by atoms with Gasteiger partial charge in [0.05, 0.1) is 12.3 Å². The maximum Gasteiger partial charge on any atom is 0.327 e. The van der Waals surface area contributed by atoms with Crippen molar-refractivity contribution in [2.24, 2.45) is 5.10 Å². The van der Waals surface area contributed by atoms with Gasteiger partial charge < -0.3 is 4.74 Å². The summed E-state index contributed by atoms with van der Waals surface area (Å²) >= 11 is 0. The molecule has 0 aliphatic carbocycles. The van der Waals surface area contributed by atoms with E-state index in [1.54, 1.807) is 6.92 Å². The van der Waals surface area contributed by atoms with Crippen LogP contribution >= 0.6 is 0 Å². The molecule has 0 radical (unpaired) electrons. The van der Waals surface area contributed by atoms with Crippen molar-refractivity contribution in [3.8, 4) is 0 Å². The highest BCUT2D eigenvalue weighted by Crippen LogP contribution is 2.14. The molecular weight excluding hydrogens is 244 g/mol. The number of hydrazone groups is 1. The Labute approximate surface area is 111 Å². The molecule has 1 aliphatic heterocycles. The van der Waals surface area contributed by atoms with Gasteiger partial charge in [0.2, 0.25) is 5.91 Å². The van der Waals surface area contributed by atoms with Crippen LogP contribution in [0.5, 0.6) is 0 Å². The molecule has 0 fully saturated rings. The third-order valence-electron chi connectivity index (χ3n) is 2.80. The van der Waals surface area contributed by atoms with Gasteiger partial charge in [-0.1, -0.05) is 30.3 Å². The van der Waals surface area contributed by atoms with Gasteiger partial charge in [-0.2, -0.15) is 5.10 Å². The second-order valence-corrected chi connectivity index (χ2v) is 4.17. The van der Waals surface area contributed by atoms with E-state index in [9.17, 15) is 9.59 Å². The van der Waals surface area contributed by atoms with E-state index in [1.807, 2.05) is 30.3 Å². The van der Waals surface area contributed by atoms with Crippen LogP contribution in [0.15, 0.2) is 35.4 Å². The maximum absolute atomic E-state index is 11.7. The smallest absolute Gasteiger partial charge is 0.327 e. The van der Waals surface area contributed by atoms with E-state index in [4.69, 9.17) is 4.74 Å². The third kappa shape index (κ3) is 3.40. The maximum atomic E-state index is 11.7. The summed E-state index contributed by atoms with van der Waals surface area (Å²) in [4.78, 5) is 23.1. The molecule has 0 saturated carbocycles. The molecule has 0 N–H and O–H groups in total. The number of carbonyl (C=O) groups excluding carboxylic acids is 2. The zero-order valence-corrected chi connectivity index (χ0v) is 10.8.